The lowest BCUT2D eigenvalue weighted by Gasteiger charge is -2.09. The first kappa shape index (κ1) is 20.5. The summed E-state index contributed by atoms with van der Waals surface area (Å²) in [4.78, 5) is 23.3. The van der Waals surface area contributed by atoms with E-state index in [1.807, 2.05) is 13.0 Å². The normalized spacial score (nSPS) is 10.9. The van der Waals surface area contributed by atoms with Crippen LogP contribution in [-0.2, 0) is 19.6 Å². The van der Waals surface area contributed by atoms with Gasteiger partial charge >= 0.3 is 5.69 Å². The van der Waals surface area contributed by atoms with Crippen molar-refractivity contribution >= 4 is 23.2 Å². The minimum atomic E-state index is -0.426. The molecule has 152 valence electrons. The monoisotopic (exact) mass is 416 g/mol. The molecule has 1 amide bonds. The first-order valence-corrected chi connectivity index (χ1v) is 9.45. The van der Waals surface area contributed by atoms with Crippen molar-refractivity contribution < 1.29 is 9.72 Å². The number of aromatic nitrogens is 4. The van der Waals surface area contributed by atoms with Crippen molar-refractivity contribution in [3.63, 3.8) is 0 Å². The molecule has 0 fully saturated rings. The van der Waals surface area contributed by atoms with Crippen LogP contribution in [0.4, 0.5) is 5.69 Å². The summed E-state index contributed by atoms with van der Waals surface area (Å²) in [5, 5.41) is 22.9. The molecule has 0 aliphatic carbocycles. The molecule has 0 saturated carbocycles. The number of amides is 1. The topological polar surface area (TPSA) is 108 Å². The van der Waals surface area contributed by atoms with Gasteiger partial charge in [0, 0.05) is 12.1 Å². The Bertz CT molecular complexity index is 1070. The molecule has 0 aliphatic rings. The number of carbonyl (C=O) groups excluding carboxylic acids is 1. The van der Waals surface area contributed by atoms with Gasteiger partial charge in [0.2, 0.25) is 0 Å². The highest BCUT2D eigenvalue weighted by Gasteiger charge is 2.21. The van der Waals surface area contributed by atoms with Crippen LogP contribution in [0.25, 0.3) is 0 Å². The van der Waals surface area contributed by atoms with Gasteiger partial charge in [0.05, 0.1) is 34.9 Å². The molecule has 10 heteroatoms. The molecule has 2 aromatic heterocycles. The molecule has 1 N–H and O–H groups in total. The number of halogens is 1. The Balaban J connectivity index is 1.74. The highest BCUT2D eigenvalue weighted by atomic mass is 35.5. The largest absolute Gasteiger partial charge is 0.346 e. The van der Waals surface area contributed by atoms with Crippen LogP contribution in [0.15, 0.2) is 30.5 Å². The molecule has 1 aromatic carbocycles. The Morgan fingerprint density at radius 3 is 2.72 bits per heavy atom. The van der Waals surface area contributed by atoms with E-state index in [0.29, 0.717) is 35.1 Å². The molecular weight excluding hydrogens is 396 g/mol. The lowest BCUT2D eigenvalue weighted by Crippen LogP contribution is -2.24. The van der Waals surface area contributed by atoms with Gasteiger partial charge in [-0.3, -0.25) is 24.3 Å². The van der Waals surface area contributed by atoms with Gasteiger partial charge in [-0.05, 0) is 38.5 Å². The molecule has 0 bridgehead atoms. The molecule has 2 heterocycles. The second-order valence-electron chi connectivity index (χ2n) is 6.57. The number of aryl methyl sites for hydroxylation is 2. The maximum Gasteiger partial charge on any atom is 0.312 e. The first-order valence-electron chi connectivity index (χ1n) is 9.07. The maximum absolute atomic E-state index is 12.6. The summed E-state index contributed by atoms with van der Waals surface area (Å²) in [7, 11) is 0. The van der Waals surface area contributed by atoms with E-state index < -0.39 is 4.92 Å². The minimum absolute atomic E-state index is 0.0170. The van der Waals surface area contributed by atoms with Crippen LogP contribution in [0, 0.1) is 24.0 Å². The van der Waals surface area contributed by atoms with Crippen molar-refractivity contribution in [1.29, 1.82) is 0 Å². The van der Waals surface area contributed by atoms with Gasteiger partial charge in [-0.1, -0.05) is 23.7 Å². The Kier molecular flexibility index (Phi) is 5.97. The first-order chi connectivity index (χ1) is 13.8. The zero-order valence-electron chi connectivity index (χ0n) is 16.3. The Morgan fingerprint density at radius 1 is 1.31 bits per heavy atom. The summed E-state index contributed by atoms with van der Waals surface area (Å²) in [5.41, 5.74) is 2.90. The van der Waals surface area contributed by atoms with E-state index in [9.17, 15) is 14.9 Å². The van der Waals surface area contributed by atoms with E-state index in [1.54, 1.807) is 47.6 Å². The lowest BCUT2D eigenvalue weighted by atomic mass is 10.1. The third-order valence-electron chi connectivity index (χ3n) is 4.66. The number of hydrogen-bond donors (Lipinski definition) is 1. The number of nitro groups is 1. The van der Waals surface area contributed by atoms with E-state index in [-0.39, 0.29) is 18.1 Å². The van der Waals surface area contributed by atoms with Crippen LogP contribution < -0.4 is 5.32 Å². The number of nitrogens with zero attached hydrogens (tertiary/aromatic N) is 5. The zero-order valence-corrected chi connectivity index (χ0v) is 17.1. The van der Waals surface area contributed by atoms with Gasteiger partial charge in [0.1, 0.15) is 11.4 Å². The highest BCUT2D eigenvalue weighted by Crippen LogP contribution is 2.22. The smallest absolute Gasteiger partial charge is 0.312 e. The average Bonchev–Trinajstić information content (AvgIpc) is 3.18. The fourth-order valence-electron chi connectivity index (χ4n) is 3.19. The summed E-state index contributed by atoms with van der Waals surface area (Å²) in [6.45, 7) is 6.46. The van der Waals surface area contributed by atoms with Crippen molar-refractivity contribution in [2.45, 2.75) is 40.4 Å². The third kappa shape index (κ3) is 4.29. The molecular formula is C19H21ClN6O3. The Hall–Kier alpha value is -3.20. The van der Waals surface area contributed by atoms with Crippen molar-refractivity contribution in [3.8, 4) is 0 Å². The molecule has 0 saturated heterocycles. The molecule has 3 rings (SSSR count). The Morgan fingerprint density at radius 2 is 2.07 bits per heavy atom. The SMILES string of the molecule is CCn1ncc(Cl)c1CNC(=O)c1cccc(Cn2nc(C)c([N+](=O)[O-])c2C)c1. The van der Waals surface area contributed by atoms with Gasteiger partial charge < -0.3 is 5.32 Å². The summed E-state index contributed by atoms with van der Waals surface area (Å²) in [6, 6.07) is 7.08. The summed E-state index contributed by atoms with van der Waals surface area (Å²) in [5.74, 6) is -0.244. The molecule has 0 radical (unpaired) electrons. The minimum Gasteiger partial charge on any atom is -0.346 e. The summed E-state index contributed by atoms with van der Waals surface area (Å²) >= 11 is 6.13. The Labute approximate surface area is 172 Å². The maximum atomic E-state index is 12.6. The predicted molar refractivity (Wildman–Crippen MR) is 108 cm³/mol. The fourth-order valence-corrected chi connectivity index (χ4v) is 3.40. The molecule has 0 atom stereocenters. The van der Waals surface area contributed by atoms with Crippen LogP contribution in [0.1, 0.15) is 39.9 Å². The van der Waals surface area contributed by atoms with Crippen molar-refractivity contribution in [3.05, 3.63) is 73.8 Å². The number of benzene rings is 1. The number of rotatable bonds is 7. The average molecular weight is 417 g/mol. The van der Waals surface area contributed by atoms with Gasteiger partial charge in [-0.25, -0.2) is 0 Å². The van der Waals surface area contributed by atoms with E-state index in [2.05, 4.69) is 15.5 Å². The molecule has 29 heavy (non-hydrogen) atoms. The van der Waals surface area contributed by atoms with Crippen molar-refractivity contribution in [2.75, 3.05) is 0 Å². The van der Waals surface area contributed by atoms with Gasteiger partial charge in [0.25, 0.3) is 5.91 Å². The van der Waals surface area contributed by atoms with Crippen LogP contribution >= 0.6 is 11.6 Å². The molecule has 3 aromatic rings. The molecule has 0 unspecified atom stereocenters. The van der Waals surface area contributed by atoms with E-state index in [4.69, 9.17) is 11.6 Å². The number of hydrogen-bond acceptors (Lipinski definition) is 5. The molecule has 0 aliphatic heterocycles. The standard InChI is InChI=1S/C19H21ClN6O3/c1-4-24-17(16(20)9-22-24)10-21-19(27)15-7-5-6-14(8-15)11-25-13(3)18(26(28)29)12(2)23-25/h5-9H,4,10-11H2,1-3H3,(H,21,27). The second-order valence-corrected chi connectivity index (χ2v) is 6.98. The third-order valence-corrected chi connectivity index (χ3v) is 4.98. The van der Waals surface area contributed by atoms with Crippen LogP contribution in [0.2, 0.25) is 5.02 Å². The summed E-state index contributed by atoms with van der Waals surface area (Å²) < 4.78 is 3.30. The second kappa shape index (κ2) is 8.44. The van der Waals surface area contributed by atoms with E-state index in [0.717, 1.165) is 11.3 Å². The van der Waals surface area contributed by atoms with Gasteiger partial charge in [-0.15, -0.1) is 0 Å². The highest BCUT2D eigenvalue weighted by molar-refractivity contribution is 6.31. The quantitative estimate of drug-likeness (QED) is 0.469. The lowest BCUT2D eigenvalue weighted by molar-refractivity contribution is -0.386. The predicted octanol–water partition coefficient (Wildman–Crippen LogP) is 3.26. The van der Waals surface area contributed by atoms with Crippen molar-refractivity contribution in [2.24, 2.45) is 0 Å². The van der Waals surface area contributed by atoms with E-state index in [1.165, 1.54) is 0 Å². The number of carbonyl (C=O) groups is 1. The number of nitrogens with one attached hydrogen (secondary N) is 1. The van der Waals surface area contributed by atoms with E-state index >= 15 is 0 Å². The molecule has 0 spiro atoms. The molecule has 9 nitrogen and oxygen atoms in total. The van der Waals surface area contributed by atoms with Gasteiger partial charge in [0.15, 0.2) is 0 Å². The van der Waals surface area contributed by atoms with Crippen molar-refractivity contribution in [1.82, 2.24) is 24.9 Å². The zero-order chi connectivity index (χ0) is 21.1. The van der Waals surface area contributed by atoms with Crippen LogP contribution in [-0.4, -0.2) is 30.4 Å². The van der Waals surface area contributed by atoms with Gasteiger partial charge in [-0.2, -0.15) is 10.2 Å². The summed E-state index contributed by atoms with van der Waals surface area (Å²) in [6.07, 6.45) is 1.56. The van der Waals surface area contributed by atoms with Crippen LogP contribution in [0.5, 0.6) is 0 Å². The fraction of sp³-hybridized carbons (Fsp3) is 0.316. The van der Waals surface area contributed by atoms with Crippen LogP contribution in [0.3, 0.4) is 0 Å².